The van der Waals surface area contributed by atoms with Crippen molar-refractivity contribution >= 4 is 64.2 Å². The number of carbonyl (C=O) groups excluding carboxylic acids is 2. The number of carbonyl (C=O) groups is 2. The van der Waals surface area contributed by atoms with Gasteiger partial charge in [0.25, 0.3) is 0 Å². The molecule has 9 heteroatoms. The summed E-state index contributed by atoms with van der Waals surface area (Å²) in [5.41, 5.74) is 2.30. The number of hydrogen-bond donors (Lipinski definition) is 0. The zero-order valence-electron chi connectivity index (χ0n) is 22.6. The second-order valence-electron chi connectivity index (χ2n) is 9.88. The van der Waals surface area contributed by atoms with Crippen LogP contribution in [0.5, 0.6) is 11.5 Å². The summed E-state index contributed by atoms with van der Waals surface area (Å²) in [6, 6.07) is 13.7. The van der Waals surface area contributed by atoms with Crippen LogP contribution in [-0.4, -0.2) is 17.9 Å². The highest BCUT2D eigenvalue weighted by Crippen LogP contribution is 2.34. The van der Waals surface area contributed by atoms with Gasteiger partial charge in [0.1, 0.15) is 36.1 Å². The van der Waals surface area contributed by atoms with E-state index in [9.17, 15) is 9.59 Å². The average Bonchev–Trinajstić information content (AvgIpc) is 2.91. The Hall–Kier alpha value is -2.70. The number of benzene rings is 3. The predicted octanol–water partition coefficient (Wildman–Crippen LogP) is 9.94. The van der Waals surface area contributed by atoms with Crippen molar-refractivity contribution in [1.29, 1.82) is 0 Å². The first kappa shape index (κ1) is 31.2. The van der Waals surface area contributed by atoms with Gasteiger partial charge in [-0.25, -0.2) is 4.79 Å². The Morgan fingerprint density at radius 3 is 2.12 bits per heavy atom. The number of Topliss-reactive ketones (excluding diaryl/α,β-unsaturated/α-hetero) is 1. The Morgan fingerprint density at radius 1 is 0.829 bits per heavy atom. The molecule has 5 nitrogen and oxygen atoms in total. The summed E-state index contributed by atoms with van der Waals surface area (Å²) in [5.74, 6) is 0.455. The molecule has 0 aliphatic carbocycles. The van der Waals surface area contributed by atoms with Gasteiger partial charge >= 0.3 is 5.97 Å². The van der Waals surface area contributed by atoms with Crippen LogP contribution in [0.3, 0.4) is 0 Å². The maximum absolute atomic E-state index is 13.5. The second-order valence-corrected chi connectivity index (χ2v) is 11.6. The minimum atomic E-state index is -0.523. The van der Waals surface area contributed by atoms with Gasteiger partial charge in [0, 0.05) is 50.1 Å². The minimum Gasteiger partial charge on any atom is -0.489 e. The van der Waals surface area contributed by atoms with Gasteiger partial charge in [-0.2, -0.15) is 0 Å². The van der Waals surface area contributed by atoms with Gasteiger partial charge in [-0.3, -0.25) is 4.79 Å². The van der Waals surface area contributed by atoms with Gasteiger partial charge in [-0.05, 0) is 68.5 Å². The molecule has 1 heterocycles. The molecule has 41 heavy (non-hydrogen) atoms. The average molecular weight is 636 g/mol. The molecule has 3 aromatic rings. The molecule has 0 saturated carbocycles. The van der Waals surface area contributed by atoms with Crippen LogP contribution in [0, 0.1) is 0 Å². The topological polar surface area (TPSA) is 61.8 Å². The van der Waals surface area contributed by atoms with Crippen molar-refractivity contribution in [3.8, 4) is 11.5 Å². The first-order chi connectivity index (χ1) is 19.7. The van der Waals surface area contributed by atoms with Crippen molar-refractivity contribution in [2.24, 2.45) is 0 Å². The second kappa shape index (κ2) is 15.0. The first-order valence-corrected chi connectivity index (χ1v) is 14.9. The molecule has 216 valence electrons. The van der Waals surface area contributed by atoms with E-state index in [0.717, 1.165) is 12.0 Å². The molecule has 0 radical (unpaired) electrons. The molecule has 1 aliphatic heterocycles. The molecular formula is C32H30Cl4O5. The fourth-order valence-electron chi connectivity index (χ4n) is 4.39. The summed E-state index contributed by atoms with van der Waals surface area (Å²) < 4.78 is 18.1. The molecule has 0 aromatic heterocycles. The fourth-order valence-corrected chi connectivity index (χ4v) is 5.32. The van der Waals surface area contributed by atoms with Crippen LogP contribution in [0.1, 0.15) is 72.5 Å². The number of hydrogen-bond acceptors (Lipinski definition) is 5. The lowest BCUT2D eigenvalue weighted by molar-refractivity contribution is -0.119. The molecule has 0 saturated heterocycles. The number of rotatable bonds is 6. The van der Waals surface area contributed by atoms with Crippen LogP contribution in [-0.2, 0) is 22.7 Å². The van der Waals surface area contributed by atoms with Crippen LogP contribution >= 0.6 is 46.4 Å². The summed E-state index contributed by atoms with van der Waals surface area (Å²) in [4.78, 5) is 25.7. The number of allylic oxidation sites excluding steroid dienone is 1. The maximum Gasteiger partial charge on any atom is 0.342 e. The molecule has 4 rings (SSSR count). The monoisotopic (exact) mass is 634 g/mol. The number of cyclic esters (lactones) is 1. The smallest absolute Gasteiger partial charge is 0.342 e. The van der Waals surface area contributed by atoms with E-state index >= 15 is 0 Å². The predicted molar refractivity (Wildman–Crippen MR) is 165 cm³/mol. The Morgan fingerprint density at radius 2 is 1.46 bits per heavy atom. The SMILES string of the molecule is C[C@@H]1CCCC(=O)CCCC=Cc2cc(OCc3ccc(Cl)cc3Cl)cc(OCc3ccc(Cl)cc3Cl)c2C(=O)O1. The van der Waals surface area contributed by atoms with E-state index in [0.29, 0.717) is 69.1 Å². The molecule has 1 atom stereocenters. The number of ketones is 1. The third-order valence-electron chi connectivity index (χ3n) is 6.62. The molecular weight excluding hydrogens is 606 g/mol. The van der Waals surface area contributed by atoms with Crippen molar-refractivity contribution < 1.29 is 23.8 Å². The van der Waals surface area contributed by atoms with E-state index in [2.05, 4.69) is 0 Å². The molecule has 0 spiro atoms. The molecule has 0 N–H and O–H groups in total. The van der Waals surface area contributed by atoms with Crippen LogP contribution < -0.4 is 9.47 Å². The Balaban J connectivity index is 1.71. The Kier molecular flexibility index (Phi) is 11.4. The van der Waals surface area contributed by atoms with Crippen LogP contribution in [0.15, 0.2) is 54.6 Å². The molecule has 0 amide bonds. The normalized spacial score (nSPS) is 16.5. The van der Waals surface area contributed by atoms with E-state index < -0.39 is 5.97 Å². The number of esters is 1. The van der Waals surface area contributed by atoms with E-state index in [1.165, 1.54) is 0 Å². The first-order valence-electron chi connectivity index (χ1n) is 13.4. The van der Waals surface area contributed by atoms with Crippen LogP contribution in [0.25, 0.3) is 6.08 Å². The van der Waals surface area contributed by atoms with Gasteiger partial charge in [-0.15, -0.1) is 0 Å². The highest BCUT2D eigenvalue weighted by Gasteiger charge is 2.23. The van der Waals surface area contributed by atoms with E-state index in [1.54, 1.807) is 48.5 Å². The maximum atomic E-state index is 13.5. The molecule has 1 aliphatic rings. The highest BCUT2D eigenvalue weighted by atomic mass is 35.5. The molecule has 0 fully saturated rings. The lowest BCUT2D eigenvalue weighted by atomic mass is 10.0. The minimum absolute atomic E-state index is 0.0869. The highest BCUT2D eigenvalue weighted by molar-refractivity contribution is 6.35. The van der Waals surface area contributed by atoms with Crippen LogP contribution in [0.4, 0.5) is 0 Å². The van der Waals surface area contributed by atoms with Crippen molar-refractivity contribution in [2.75, 3.05) is 0 Å². The van der Waals surface area contributed by atoms with E-state index in [1.807, 2.05) is 19.1 Å². The van der Waals surface area contributed by atoms with Crippen molar-refractivity contribution in [1.82, 2.24) is 0 Å². The van der Waals surface area contributed by atoms with Gasteiger partial charge in [0.05, 0.1) is 6.10 Å². The summed E-state index contributed by atoms with van der Waals surface area (Å²) in [7, 11) is 0. The third kappa shape index (κ3) is 9.14. The lowest BCUT2D eigenvalue weighted by Gasteiger charge is -2.19. The summed E-state index contributed by atoms with van der Waals surface area (Å²) in [6.45, 7) is 2.08. The molecule has 0 unspecified atom stereocenters. The van der Waals surface area contributed by atoms with Gasteiger partial charge in [0.2, 0.25) is 0 Å². The fraction of sp³-hybridized carbons (Fsp3) is 0.312. The summed E-state index contributed by atoms with van der Waals surface area (Å²) in [5, 5.41) is 1.97. The summed E-state index contributed by atoms with van der Waals surface area (Å²) >= 11 is 24.8. The zero-order valence-corrected chi connectivity index (χ0v) is 25.6. The Labute approximate surface area is 260 Å². The number of fused-ring (bicyclic) bond motifs is 1. The molecule has 0 bridgehead atoms. The van der Waals surface area contributed by atoms with Crippen molar-refractivity contribution in [3.05, 3.63) is 97.0 Å². The van der Waals surface area contributed by atoms with Crippen molar-refractivity contribution in [3.63, 3.8) is 0 Å². The van der Waals surface area contributed by atoms with Crippen LogP contribution in [0.2, 0.25) is 20.1 Å². The number of halogens is 4. The summed E-state index contributed by atoms with van der Waals surface area (Å²) in [6.07, 6.45) is 7.06. The Bertz CT molecular complexity index is 1440. The van der Waals surface area contributed by atoms with Gasteiger partial charge < -0.3 is 14.2 Å². The van der Waals surface area contributed by atoms with Gasteiger partial charge in [0.15, 0.2) is 0 Å². The van der Waals surface area contributed by atoms with E-state index in [-0.39, 0.29) is 36.4 Å². The molecule has 3 aromatic carbocycles. The number of ether oxygens (including phenoxy) is 3. The standard InChI is InChI=1S/C32H30Cl4O5/c1-20-6-5-9-26(37)8-4-2-3-7-21-14-27(39-18-22-10-12-24(33)15-28(22)35)17-30(31(21)32(38)41-20)40-19-23-11-13-25(34)16-29(23)36/h3,7,10-17,20H,2,4-6,8-9,18-19H2,1H3/t20-/m1/s1. The van der Waals surface area contributed by atoms with Crippen molar-refractivity contribution in [2.45, 2.75) is 64.8 Å². The quantitative estimate of drug-likeness (QED) is 0.252. The largest absolute Gasteiger partial charge is 0.489 e. The zero-order chi connectivity index (χ0) is 29.4. The van der Waals surface area contributed by atoms with Gasteiger partial charge in [-0.1, -0.05) is 70.7 Å². The van der Waals surface area contributed by atoms with E-state index in [4.69, 9.17) is 60.6 Å². The lowest BCUT2D eigenvalue weighted by Crippen LogP contribution is -2.18. The third-order valence-corrected chi connectivity index (χ3v) is 7.79.